The van der Waals surface area contributed by atoms with Crippen molar-refractivity contribution in [3.05, 3.63) is 48.0 Å². The maximum absolute atomic E-state index is 11.6. The Hall–Kier alpha value is -1.81. The standard InChI is InChI=1S/C14H14O/c1-2-3-4-5-9-12-14(15)13-10-7-6-8-11-13/h1,6-12H,3-5H2/b12-9+. The van der Waals surface area contributed by atoms with E-state index in [2.05, 4.69) is 5.92 Å². The molecular weight excluding hydrogens is 184 g/mol. The maximum Gasteiger partial charge on any atom is 0.185 e. The lowest BCUT2D eigenvalue weighted by Crippen LogP contribution is -1.92. The van der Waals surface area contributed by atoms with E-state index in [4.69, 9.17) is 6.42 Å². The molecule has 0 aromatic heterocycles. The topological polar surface area (TPSA) is 17.1 Å². The molecule has 0 bridgehead atoms. The number of ketones is 1. The molecule has 0 radical (unpaired) electrons. The summed E-state index contributed by atoms with van der Waals surface area (Å²) in [7, 11) is 0. The molecule has 0 aliphatic rings. The van der Waals surface area contributed by atoms with Gasteiger partial charge in [-0.25, -0.2) is 0 Å². The Labute approximate surface area is 90.8 Å². The number of terminal acetylenes is 1. The zero-order valence-corrected chi connectivity index (χ0v) is 8.65. The van der Waals surface area contributed by atoms with Gasteiger partial charge in [0.15, 0.2) is 5.78 Å². The first-order valence-electron chi connectivity index (χ1n) is 5.04. The largest absolute Gasteiger partial charge is 0.289 e. The van der Waals surface area contributed by atoms with E-state index < -0.39 is 0 Å². The van der Waals surface area contributed by atoms with Crippen LogP contribution in [0.5, 0.6) is 0 Å². The van der Waals surface area contributed by atoms with E-state index in [0.717, 1.165) is 24.8 Å². The molecular formula is C14H14O. The summed E-state index contributed by atoms with van der Waals surface area (Å²) < 4.78 is 0. The van der Waals surface area contributed by atoms with Crippen molar-refractivity contribution >= 4 is 5.78 Å². The normalized spacial score (nSPS) is 10.1. The molecule has 0 N–H and O–H groups in total. The minimum absolute atomic E-state index is 0.0521. The molecule has 1 aromatic rings. The number of carbonyl (C=O) groups is 1. The molecule has 0 unspecified atom stereocenters. The Kier molecular flexibility index (Phi) is 4.97. The Morgan fingerprint density at radius 2 is 2.07 bits per heavy atom. The minimum Gasteiger partial charge on any atom is -0.289 e. The summed E-state index contributed by atoms with van der Waals surface area (Å²) in [4.78, 5) is 11.6. The van der Waals surface area contributed by atoms with Gasteiger partial charge in [-0.15, -0.1) is 12.3 Å². The molecule has 0 aliphatic heterocycles. The molecule has 1 nitrogen and oxygen atoms in total. The van der Waals surface area contributed by atoms with Crippen LogP contribution in [0.4, 0.5) is 0 Å². The first-order valence-corrected chi connectivity index (χ1v) is 5.04. The van der Waals surface area contributed by atoms with Gasteiger partial charge in [0.2, 0.25) is 0 Å². The summed E-state index contributed by atoms with van der Waals surface area (Å²) in [6.45, 7) is 0. The Bertz CT molecular complexity index is 368. The third-order valence-corrected chi connectivity index (χ3v) is 2.02. The molecule has 0 saturated carbocycles. The van der Waals surface area contributed by atoms with Crippen LogP contribution in [0.3, 0.4) is 0 Å². The number of unbranched alkanes of at least 4 members (excludes halogenated alkanes) is 2. The molecule has 0 spiro atoms. The third-order valence-electron chi connectivity index (χ3n) is 2.02. The summed E-state index contributed by atoms with van der Waals surface area (Å²) in [6, 6.07) is 9.24. The molecule has 1 aromatic carbocycles. The predicted octanol–water partition coefficient (Wildman–Crippen LogP) is 3.23. The van der Waals surface area contributed by atoms with E-state index in [1.807, 2.05) is 36.4 Å². The Balaban J connectivity index is 2.40. The second kappa shape index (κ2) is 6.62. The molecule has 1 rings (SSSR count). The van der Waals surface area contributed by atoms with Gasteiger partial charge in [-0.1, -0.05) is 36.4 Å². The van der Waals surface area contributed by atoms with Crippen molar-refractivity contribution in [1.82, 2.24) is 0 Å². The summed E-state index contributed by atoms with van der Waals surface area (Å²) >= 11 is 0. The lowest BCUT2D eigenvalue weighted by Gasteiger charge is -1.93. The number of carbonyl (C=O) groups excluding carboxylic acids is 1. The van der Waals surface area contributed by atoms with Crippen molar-refractivity contribution in [2.45, 2.75) is 19.3 Å². The van der Waals surface area contributed by atoms with Crippen molar-refractivity contribution in [2.24, 2.45) is 0 Å². The van der Waals surface area contributed by atoms with Gasteiger partial charge < -0.3 is 0 Å². The Morgan fingerprint density at radius 1 is 1.33 bits per heavy atom. The highest BCUT2D eigenvalue weighted by atomic mass is 16.1. The van der Waals surface area contributed by atoms with E-state index in [9.17, 15) is 4.79 Å². The first-order chi connectivity index (χ1) is 7.34. The average Bonchev–Trinajstić information content (AvgIpc) is 2.30. The lowest BCUT2D eigenvalue weighted by atomic mass is 10.1. The maximum atomic E-state index is 11.6. The van der Waals surface area contributed by atoms with Gasteiger partial charge in [0.1, 0.15) is 0 Å². The van der Waals surface area contributed by atoms with Crippen molar-refractivity contribution in [2.75, 3.05) is 0 Å². The highest BCUT2D eigenvalue weighted by molar-refractivity contribution is 6.04. The molecule has 0 saturated heterocycles. The number of allylic oxidation sites excluding steroid dienone is 2. The van der Waals surface area contributed by atoms with Crippen molar-refractivity contribution in [1.29, 1.82) is 0 Å². The van der Waals surface area contributed by atoms with Crippen LogP contribution < -0.4 is 0 Å². The molecule has 15 heavy (non-hydrogen) atoms. The van der Waals surface area contributed by atoms with E-state index in [0.29, 0.717) is 0 Å². The smallest absolute Gasteiger partial charge is 0.185 e. The quantitative estimate of drug-likeness (QED) is 0.307. The van der Waals surface area contributed by atoms with Gasteiger partial charge in [-0.2, -0.15) is 0 Å². The number of benzene rings is 1. The molecule has 0 aliphatic carbocycles. The van der Waals surface area contributed by atoms with E-state index in [1.165, 1.54) is 0 Å². The molecule has 0 amide bonds. The van der Waals surface area contributed by atoms with Crippen LogP contribution in [0.1, 0.15) is 29.6 Å². The summed E-state index contributed by atoms with van der Waals surface area (Å²) in [5.41, 5.74) is 0.727. The van der Waals surface area contributed by atoms with Crippen molar-refractivity contribution in [3.8, 4) is 12.3 Å². The zero-order chi connectivity index (χ0) is 10.9. The van der Waals surface area contributed by atoms with Crippen LogP contribution in [0.25, 0.3) is 0 Å². The fourth-order valence-electron chi connectivity index (χ4n) is 1.21. The fourth-order valence-corrected chi connectivity index (χ4v) is 1.21. The number of hydrogen-bond acceptors (Lipinski definition) is 1. The third kappa shape index (κ3) is 4.28. The van der Waals surface area contributed by atoms with Gasteiger partial charge in [-0.05, 0) is 18.9 Å². The highest BCUT2D eigenvalue weighted by Crippen LogP contribution is 2.02. The monoisotopic (exact) mass is 198 g/mol. The predicted molar refractivity (Wildman–Crippen MR) is 62.6 cm³/mol. The SMILES string of the molecule is C#CCCC/C=C/C(=O)c1ccccc1. The molecule has 1 heteroatoms. The summed E-state index contributed by atoms with van der Waals surface area (Å²) in [5, 5.41) is 0. The second-order valence-corrected chi connectivity index (χ2v) is 3.23. The average molecular weight is 198 g/mol. The van der Waals surface area contributed by atoms with E-state index in [1.54, 1.807) is 6.08 Å². The molecule has 76 valence electrons. The minimum atomic E-state index is 0.0521. The van der Waals surface area contributed by atoms with E-state index >= 15 is 0 Å². The molecule has 0 fully saturated rings. The van der Waals surface area contributed by atoms with Crippen LogP contribution in [0.15, 0.2) is 42.5 Å². The van der Waals surface area contributed by atoms with Gasteiger partial charge in [0.05, 0.1) is 0 Å². The van der Waals surface area contributed by atoms with Crippen molar-refractivity contribution in [3.63, 3.8) is 0 Å². The second-order valence-electron chi connectivity index (χ2n) is 3.23. The highest BCUT2D eigenvalue weighted by Gasteiger charge is 1.97. The zero-order valence-electron chi connectivity index (χ0n) is 8.65. The van der Waals surface area contributed by atoms with Crippen LogP contribution in [-0.4, -0.2) is 5.78 Å². The first kappa shape index (κ1) is 11.3. The fraction of sp³-hybridized carbons (Fsp3) is 0.214. The Morgan fingerprint density at radius 3 is 2.73 bits per heavy atom. The van der Waals surface area contributed by atoms with Crippen molar-refractivity contribution < 1.29 is 4.79 Å². The van der Waals surface area contributed by atoms with Crippen LogP contribution in [0, 0.1) is 12.3 Å². The molecule has 0 heterocycles. The van der Waals surface area contributed by atoms with Gasteiger partial charge in [0.25, 0.3) is 0 Å². The van der Waals surface area contributed by atoms with Gasteiger partial charge >= 0.3 is 0 Å². The van der Waals surface area contributed by atoms with Crippen LogP contribution in [-0.2, 0) is 0 Å². The lowest BCUT2D eigenvalue weighted by molar-refractivity contribution is 0.104. The summed E-state index contributed by atoms with van der Waals surface area (Å²) in [5.74, 6) is 2.62. The van der Waals surface area contributed by atoms with E-state index in [-0.39, 0.29) is 5.78 Å². The summed E-state index contributed by atoms with van der Waals surface area (Å²) in [6.07, 6.45) is 11.2. The van der Waals surface area contributed by atoms with Crippen LogP contribution in [0.2, 0.25) is 0 Å². The van der Waals surface area contributed by atoms with Crippen LogP contribution >= 0.6 is 0 Å². The van der Waals surface area contributed by atoms with Gasteiger partial charge in [-0.3, -0.25) is 4.79 Å². The molecule has 0 atom stereocenters. The van der Waals surface area contributed by atoms with Gasteiger partial charge in [0, 0.05) is 12.0 Å². The number of hydrogen-bond donors (Lipinski definition) is 0. The number of rotatable bonds is 5.